The van der Waals surface area contributed by atoms with Gasteiger partial charge in [-0.2, -0.15) is 5.10 Å². The highest BCUT2D eigenvalue weighted by Crippen LogP contribution is 2.47. The van der Waals surface area contributed by atoms with E-state index in [-0.39, 0.29) is 36.5 Å². The Morgan fingerprint density at radius 3 is 2.62 bits per heavy atom. The number of carbonyl (C=O) groups excluding carboxylic acids is 4. The van der Waals surface area contributed by atoms with Gasteiger partial charge in [-0.3, -0.25) is 28.6 Å². The molecule has 2 aromatic heterocycles. The molecule has 7 rings (SSSR count). The van der Waals surface area contributed by atoms with Crippen LogP contribution in [0.15, 0.2) is 42.6 Å². The van der Waals surface area contributed by atoms with Crippen LogP contribution in [0.3, 0.4) is 0 Å². The highest BCUT2D eigenvalue weighted by Gasteiger charge is 2.63. The zero-order valence-electron chi connectivity index (χ0n) is 29.8. The summed E-state index contributed by atoms with van der Waals surface area (Å²) in [6.45, 7) is 3.17. The van der Waals surface area contributed by atoms with E-state index in [4.69, 9.17) is 4.74 Å². The third-order valence-electron chi connectivity index (χ3n) is 10.8. The SMILES string of the molecule is Cc1nc2ccc(F)cc2nc1O[C@@H]1C[C@H]2C(=O)N[C@]3(C(=O)NS(=O)(=O)C4(C)CC4)C[C@H]3/C=C\CCCCC[C@H](NC(=O)c3ccn(C)n3)C(=O)N2C1. The second-order valence-corrected chi connectivity index (χ2v) is 17.0. The average Bonchev–Trinajstić information content (AvgIpc) is 3.91. The van der Waals surface area contributed by atoms with E-state index in [0.717, 1.165) is 12.8 Å². The largest absolute Gasteiger partial charge is 0.471 e. The minimum Gasteiger partial charge on any atom is -0.471 e. The van der Waals surface area contributed by atoms with Crippen molar-refractivity contribution in [2.24, 2.45) is 13.0 Å². The van der Waals surface area contributed by atoms with Gasteiger partial charge in [0.15, 0.2) is 0 Å². The third kappa shape index (κ3) is 7.35. The molecule has 53 heavy (non-hydrogen) atoms. The summed E-state index contributed by atoms with van der Waals surface area (Å²) in [5.41, 5.74) is -0.274. The van der Waals surface area contributed by atoms with Crippen LogP contribution in [0.25, 0.3) is 11.0 Å². The number of aromatic nitrogens is 4. The molecule has 2 aliphatic carbocycles. The van der Waals surface area contributed by atoms with Crippen molar-refractivity contribution in [3.8, 4) is 5.88 Å². The molecule has 0 bridgehead atoms. The van der Waals surface area contributed by atoms with E-state index in [1.807, 2.05) is 12.2 Å². The minimum atomic E-state index is -4.01. The lowest BCUT2D eigenvalue weighted by atomic mass is 10.0. The molecule has 1 saturated heterocycles. The van der Waals surface area contributed by atoms with E-state index in [9.17, 15) is 32.0 Å². The fraction of sp³-hybridized carbons (Fsp3) is 0.528. The van der Waals surface area contributed by atoms with Crippen molar-refractivity contribution in [2.75, 3.05) is 6.54 Å². The van der Waals surface area contributed by atoms with E-state index >= 15 is 0 Å². The van der Waals surface area contributed by atoms with Gasteiger partial charge in [0, 0.05) is 31.6 Å². The Morgan fingerprint density at radius 1 is 1.09 bits per heavy atom. The molecule has 3 aromatic rings. The van der Waals surface area contributed by atoms with Crippen LogP contribution in [-0.4, -0.2) is 91.7 Å². The van der Waals surface area contributed by atoms with E-state index in [0.29, 0.717) is 43.3 Å². The number of amides is 4. The zero-order chi connectivity index (χ0) is 37.7. The number of carbonyl (C=O) groups is 4. The van der Waals surface area contributed by atoms with Crippen molar-refractivity contribution < 1.29 is 36.7 Å². The first-order valence-corrected chi connectivity index (χ1v) is 19.4. The molecule has 4 amide bonds. The lowest BCUT2D eigenvalue weighted by molar-refractivity contribution is -0.141. The first-order valence-electron chi connectivity index (χ1n) is 17.9. The van der Waals surface area contributed by atoms with Crippen molar-refractivity contribution in [3.63, 3.8) is 0 Å². The van der Waals surface area contributed by atoms with Crippen molar-refractivity contribution >= 4 is 44.7 Å². The summed E-state index contributed by atoms with van der Waals surface area (Å²) >= 11 is 0. The normalized spacial score (nSPS) is 27.7. The molecule has 1 aromatic carbocycles. The molecule has 2 saturated carbocycles. The Bertz CT molecular complexity index is 2120. The maximum Gasteiger partial charge on any atom is 0.272 e. The van der Waals surface area contributed by atoms with Gasteiger partial charge >= 0.3 is 0 Å². The predicted molar refractivity (Wildman–Crippen MR) is 189 cm³/mol. The molecule has 17 heteroatoms. The first-order chi connectivity index (χ1) is 25.2. The fourth-order valence-electron chi connectivity index (χ4n) is 7.08. The molecule has 2 aliphatic heterocycles. The third-order valence-corrected chi connectivity index (χ3v) is 12.9. The van der Waals surface area contributed by atoms with Crippen molar-refractivity contribution in [1.29, 1.82) is 0 Å². The molecule has 282 valence electrons. The lowest BCUT2D eigenvalue weighted by Crippen LogP contribution is -2.58. The summed E-state index contributed by atoms with van der Waals surface area (Å²) in [5.74, 6) is -3.42. The molecule has 5 atom stereocenters. The van der Waals surface area contributed by atoms with E-state index < -0.39 is 73.9 Å². The standard InChI is InChI=1S/C36H43FN8O7S/c1-21-32(40-28-17-23(37)11-12-25(28)38-21)52-24-18-29-31(47)41-36(34(49)43-53(50,51)35(2)14-15-35)19-22(36)9-7-5-4-6-8-10-27(33(48)45(29)20-24)39-30(46)26-13-16-44(3)42-26/h7,9,11-13,16-17,22,24,27,29H,4-6,8,10,14-15,18-20H2,1-3H3,(H,39,46)(H,41,47)(H,43,49)/b9-7-/t22-,24-,27+,29+,36-/m1/s1. The van der Waals surface area contributed by atoms with E-state index in [1.165, 1.54) is 33.8 Å². The molecule has 4 aliphatic rings. The van der Waals surface area contributed by atoms with Gasteiger partial charge in [0.1, 0.15) is 40.9 Å². The van der Waals surface area contributed by atoms with Gasteiger partial charge in [-0.1, -0.05) is 25.0 Å². The average molecular weight is 751 g/mol. The molecule has 3 N–H and O–H groups in total. The Hall–Kier alpha value is -4.93. The maximum absolute atomic E-state index is 14.5. The summed E-state index contributed by atoms with van der Waals surface area (Å²) in [5, 5.41) is 9.83. The molecule has 3 fully saturated rings. The second kappa shape index (κ2) is 13.8. The second-order valence-electron chi connectivity index (χ2n) is 14.9. The predicted octanol–water partition coefficient (Wildman–Crippen LogP) is 2.35. The molecule has 4 heterocycles. The Labute approximate surface area is 306 Å². The number of rotatable bonds is 7. The summed E-state index contributed by atoms with van der Waals surface area (Å²) in [7, 11) is -2.33. The van der Waals surface area contributed by atoms with Gasteiger partial charge in [0.25, 0.3) is 11.8 Å². The number of allylic oxidation sites excluding steroid dienone is 1. The first kappa shape index (κ1) is 36.4. The lowest BCUT2D eigenvalue weighted by Gasteiger charge is -2.30. The Morgan fingerprint density at radius 2 is 1.89 bits per heavy atom. The summed E-state index contributed by atoms with van der Waals surface area (Å²) in [6.07, 6.45) is 8.70. The number of nitrogens with zero attached hydrogens (tertiary/aromatic N) is 5. The van der Waals surface area contributed by atoms with Crippen LogP contribution in [0.5, 0.6) is 5.88 Å². The topological polar surface area (TPSA) is 195 Å². The van der Waals surface area contributed by atoms with Crippen molar-refractivity contribution in [3.05, 3.63) is 59.8 Å². The summed E-state index contributed by atoms with van der Waals surface area (Å²) in [4.78, 5) is 66.2. The minimum absolute atomic E-state index is 0.0185. The van der Waals surface area contributed by atoms with Crippen molar-refractivity contribution in [1.82, 2.24) is 40.0 Å². The van der Waals surface area contributed by atoms with E-state index in [1.54, 1.807) is 27.1 Å². The molecule has 15 nitrogen and oxygen atoms in total. The highest BCUT2D eigenvalue weighted by molar-refractivity contribution is 7.91. The van der Waals surface area contributed by atoms with Crippen LogP contribution < -0.4 is 20.1 Å². The fourth-order valence-corrected chi connectivity index (χ4v) is 8.40. The maximum atomic E-state index is 14.5. The van der Waals surface area contributed by atoms with Crippen molar-refractivity contribution in [2.45, 2.75) is 100 Å². The quantitative estimate of drug-likeness (QED) is 0.302. The van der Waals surface area contributed by atoms with Crippen LogP contribution >= 0.6 is 0 Å². The number of sulfonamides is 1. The van der Waals surface area contributed by atoms with Crippen LogP contribution in [0.2, 0.25) is 0 Å². The van der Waals surface area contributed by atoms with Gasteiger partial charge in [0.05, 0.1) is 22.3 Å². The molecule has 0 spiro atoms. The van der Waals surface area contributed by atoms with Gasteiger partial charge in [-0.05, 0) is 70.6 Å². The Kier molecular flexibility index (Phi) is 9.49. The van der Waals surface area contributed by atoms with E-state index in [2.05, 4.69) is 30.4 Å². The molecular weight excluding hydrogens is 708 g/mol. The number of halogens is 1. The smallest absolute Gasteiger partial charge is 0.272 e. The molecular formula is C36H43FN8O7S. The van der Waals surface area contributed by atoms with Crippen LogP contribution in [-0.2, 0) is 31.5 Å². The highest BCUT2D eigenvalue weighted by atomic mass is 32.2. The Balaban J connectivity index is 1.20. The number of fused-ring (bicyclic) bond motifs is 3. The number of hydrogen-bond donors (Lipinski definition) is 3. The van der Waals surface area contributed by atoms with Gasteiger partial charge in [-0.25, -0.2) is 22.8 Å². The summed E-state index contributed by atoms with van der Waals surface area (Å²) < 4.78 is 49.2. The van der Waals surface area contributed by atoms with Gasteiger partial charge < -0.3 is 20.3 Å². The number of benzene rings is 1. The summed E-state index contributed by atoms with van der Waals surface area (Å²) in [6, 6.07) is 3.37. The number of hydrogen-bond acceptors (Lipinski definition) is 10. The van der Waals surface area contributed by atoms with Gasteiger partial charge in [0.2, 0.25) is 27.7 Å². The molecule has 0 radical (unpaired) electrons. The van der Waals surface area contributed by atoms with Crippen LogP contribution in [0.1, 0.15) is 80.9 Å². The monoisotopic (exact) mass is 750 g/mol. The zero-order valence-corrected chi connectivity index (χ0v) is 30.6. The number of nitrogens with one attached hydrogen (secondary N) is 3. The molecule has 0 unspecified atom stereocenters. The number of ether oxygens (including phenoxy) is 1. The van der Waals surface area contributed by atoms with Crippen LogP contribution in [0.4, 0.5) is 4.39 Å². The van der Waals surface area contributed by atoms with Gasteiger partial charge in [-0.15, -0.1) is 0 Å². The van der Waals surface area contributed by atoms with Crippen LogP contribution in [0, 0.1) is 18.7 Å². The number of aryl methyl sites for hydroxylation is 2.